The van der Waals surface area contributed by atoms with Crippen molar-refractivity contribution < 1.29 is 0 Å². The van der Waals surface area contributed by atoms with E-state index < -0.39 is 0 Å². The van der Waals surface area contributed by atoms with Gasteiger partial charge in [0.15, 0.2) is 0 Å². The van der Waals surface area contributed by atoms with Crippen LogP contribution >= 0.6 is 23.2 Å². The number of hydrogen-bond acceptors (Lipinski definition) is 0. The van der Waals surface area contributed by atoms with Crippen LogP contribution in [-0.2, 0) is 6.42 Å². The van der Waals surface area contributed by atoms with Crippen LogP contribution in [0.2, 0.25) is 5.02 Å². The van der Waals surface area contributed by atoms with E-state index in [0.717, 1.165) is 11.4 Å². The molecular formula is C12H14Cl2. The van der Waals surface area contributed by atoms with E-state index in [1.165, 1.54) is 18.4 Å². The number of alkyl halides is 1. The molecule has 1 aromatic rings. The average Bonchev–Trinajstić information content (AvgIpc) is 2.90. The lowest BCUT2D eigenvalue weighted by atomic mass is 9.94. The summed E-state index contributed by atoms with van der Waals surface area (Å²) in [5.74, 6) is 0. The van der Waals surface area contributed by atoms with Gasteiger partial charge in [-0.2, -0.15) is 0 Å². The van der Waals surface area contributed by atoms with Crippen LogP contribution in [0, 0.1) is 5.41 Å². The zero-order valence-electron chi connectivity index (χ0n) is 8.26. The highest BCUT2D eigenvalue weighted by Gasteiger charge is 2.46. The Morgan fingerprint density at radius 1 is 1.29 bits per heavy atom. The van der Waals surface area contributed by atoms with Gasteiger partial charge in [-0.1, -0.05) is 23.7 Å². The van der Waals surface area contributed by atoms with Gasteiger partial charge in [-0.3, -0.25) is 0 Å². The summed E-state index contributed by atoms with van der Waals surface area (Å²) in [4.78, 5) is 0. The molecule has 76 valence electrons. The Morgan fingerprint density at radius 2 is 1.86 bits per heavy atom. The van der Waals surface area contributed by atoms with Gasteiger partial charge in [-0.15, -0.1) is 11.6 Å². The molecule has 1 aliphatic rings. The molecule has 1 atom stereocenters. The molecule has 1 saturated carbocycles. The van der Waals surface area contributed by atoms with Crippen molar-refractivity contribution in [1.82, 2.24) is 0 Å². The number of hydrogen-bond donors (Lipinski definition) is 0. The summed E-state index contributed by atoms with van der Waals surface area (Å²) in [6, 6.07) is 8.10. The van der Waals surface area contributed by atoms with Crippen molar-refractivity contribution in [1.29, 1.82) is 0 Å². The van der Waals surface area contributed by atoms with Crippen LogP contribution < -0.4 is 0 Å². The fourth-order valence-corrected chi connectivity index (χ4v) is 2.31. The third-order valence-corrected chi connectivity index (χ3v) is 3.92. The van der Waals surface area contributed by atoms with Gasteiger partial charge in [-0.25, -0.2) is 0 Å². The van der Waals surface area contributed by atoms with Crippen LogP contribution in [0.5, 0.6) is 0 Å². The van der Waals surface area contributed by atoms with Gasteiger partial charge >= 0.3 is 0 Å². The molecule has 0 saturated heterocycles. The minimum absolute atomic E-state index is 0.276. The Kier molecular flexibility index (Phi) is 2.77. The number of halogens is 2. The lowest BCUT2D eigenvalue weighted by Crippen LogP contribution is -2.15. The van der Waals surface area contributed by atoms with Gasteiger partial charge in [0.25, 0.3) is 0 Å². The van der Waals surface area contributed by atoms with E-state index in [1.54, 1.807) is 0 Å². The molecule has 0 spiro atoms. The molecular weight excluding hydrogens is 215 g/mol. The minimum Gasteiger partial charge on any atom is -0.123 e. The smallest absolute Gasteiger partial charge is 0.0406 e. The lowest BCUT2D eigenvalue weighted by molar-refractivity contribution is 0.496. The lowest BCUT2D eigenvalue weighted by Gasteiger charge is -2.17. The van der Waals surface area contributed by atoms with E-state index in [4.69, 9.17) is 23.2 Å². The molecule has 0 heterocycles. The van der Waals surface area contributed by atoms with E-state index in [-0.39, 0.29) is 5.38 Å². The zero-order chi connectivity index (χ0) is 10.2. The molecule has 0 bridgehead atoms. The molecule has 2 heteroatoms. The van der Waals surface area contributed by atoms with Gasteiger partial charge in [-0.05, 0) is 49.3 Å². The number of benzene rings is 1. The van der Waals surface area contributed by atoms with E-state index in [0.29, 0.717) is 5.41 Å². The second-order valence-electron chi connectivity index (χ2n) is 4.28. The maximum absolute atomic E-state index is 6.19. The van der Waals surface area contributed by atoms with E-state index in [1.807, 2.05) is 12.1 Å². The highest BCUT2D eigenvalue weighted by Crippen LogP contribution is 2.53. The van der Waals surface area contributed by atoms with Gasteiger partial charge in [0.05, 0.1) is 0 Å². The summed E-state index contributed by atoms with van der Waals surface area (Å²) in [6.07, 6.45) is 3.62. The highest BCUT2D eigenvalue weighted by atomic mass is 35.5. The molecule has 0 nitrogen and oxygen atoms in total. The molecule has 14 heavy (non-hydrogen) atoms. The normalized spacial score (nSPS) is 20.5. The van der Waals surface area contributed by atoms with E-state index >= 15 is 0 Å². The van der Waals surface area contributed by atoms with Gasteiger partial charge < -0.3 is 0 Å². The summed E-state index contributed by atoms with van der Waals surface area (Å²) in [5, 5.41) is 1.08. The molecule has 1 unspecified atom stereocenters. The Balaban J connectivity index is 2.08. The first kappa shape index (κ1) is 10.3. The van der Waals surface area contributed by atoms with Crippen LogP contribution in [0.1, 0.15) is 25.3 Å². The third kappa shape index (κ3) is 2.07. The summed E-state index contributed by atoms with van der Waals surface area (Å²) in [5.41, 5.74) is 1.72. The first-order valence-corrected chi connectivity index (χ1v) is 5.82. The zero-order valence-corrected chi connectivity index (χ0v) is 9.78. The molecule has 0 N–H and O–H groups in total. The van der Waals surface area contributed by atoms with Crippen molar-refractivity contribution in [3.8, 4) is 0 Å². The van der Waals surface area contributed by atoms with Crippen LogP contribution in [0.4, 0.5) is 0 Å². The second-order valence-corrected chi connectivity index (χ2v) is 5.37. The van der Waals surface area contributed by atoms with Crippen molar-refractivity contribution in [2.24, 2.45) is 5.41 Å². The highest BCUT2D eigenvalue weighted by molar-refractivity contribution is 6.30. The molecule has 2 rings (SSSR count). The van der Waals surface area contributed by atoms with Crippen LogP contribution in [0.15, 0.2) is 24.3 Å². The molecule has 1 aromatic carbocycles. The predicted molar refractivity (Wildman–Crippen MR) is 62.1 cm³/mol. The predicted octanol–water partition coefficient (Wildman–Crippen LogP) is 4.29. The Labute approximate surface area is 95.2 Å². The summed E-state index contributed by atoms with van der Waals surface area (Å²) in [7, 11) is 0. The quantitative estimate of drug-likeness (QED) is 0.678. The van der Waals surface area contributed by atoms with E-state index in [9.17, 15) is 0 Å². The second kappa shape index (κ2) is 3.75. The maximum atomic E-state index is 6.19. The van der Waals surface area contributed by atoms with Gasteiger partial charge in [0.2, 0.25) is 0 Å². The first-order valence-electron chi connectivity index (χ1n) is 5.01. The van der Waals surface area contributed by atoms with Crippen molar-refractivity contribution >= 4 is 23.2 Å². The third-order valence-electron chi connectivity index (χ3n) is 3.21. The Hall–Kier alpha value is -0.200. The van der Waals surface area contributed by atoms with Crippen molar-refractivity contribution in [3.63, 3.8) is 0 Å². The van der Waals surface area contributed by atoms with Crippen LogP contribution in [0.3, 0.4) is 0 Å². The molecule has 0 amide bonds. The summed E-state index contributed by atoms with van der Waals surface area (Å²) >= 11 is 12.0. The fourth-order valence-electron chi connectivity index (χ4n) is 1.88. The summed E-state index contributed by atoms with van der Waals surface area (Å²) < 4.78 is 0. The molecule has 0 aromatic heterocycles. The van der Waals surface area contributed by atoms with Crippen molar-refractivity contribution in [2.75, 3.05) is 0 Å². The topological polar surface area (TPSA) is 0 Å². The number of rotatable bonds is 3. The van der Waals surface area contributed by atoms with E-state index in [2.05, 4.69) is 19.1 Å². The Morgan fingerprint density at radius 3 is 2.29 bits per heavy atom. The maximum Gasteiger partial charge on any atom is 0.0406 e. The fraction of sp³-hybridized carbons (Fsp3) is 0.500. The molecule has 0 radical (unpaired) electrons. The molecule has 1 aliphatic carbocycles. The molecule has 1 fully saturated rings. The largest absolute Gasteiger partial charge is 0.123 e. The van der Waals surface area contributed by atoms with Gasteiger partial charge in [0, 0.05) is 10.4 Å². The summed E-state index contributed by atoms with van der Waals surface area (Å²) in [6.45, 7) is 2.10. The molecule has 0 aliphatic heterocycles. The monoisotopic (exact) mass is 228 g/mol. The first-order chi connectivity index (χ1) is 6.62. The Bertz CT molecular complexity index is 310. The average molecular weight is 229 g/mol. The van der Waals surface area contributed by atoms with Crippen LogP contribution in [-0.4, -0.2) is 5.38 Å². The SMILES string of the molecule is CC(Cl)C1(Cc2ccc(Cl)cc2)CC1. The minimum atomic E-state index is 0.276. The van der Waals surface area contributed by atoms with Gasteiger partial charge in [0.1, 0.15) is 0 Å². The standard InChI is InChI=1S/C12H14Cl2/c1-9(13)12(6-7-12)8-10-2-4-11(14)5-3-10/h2-5,9H,6-8H2,1H3. The van der Waals surface area contributed by atoms with Crippen molar-refractivity contribution in [3.05, 3.63) is 34.9 Å². The van der Waals surface area contributed by atoms with Crippen LogP contribution in [0.25, 0.3) is 0 Å². The van der Waals surface area contributed by atoms with Crippen molar-refractivity contribution in [2.45, 2.75) is 31.6 Å².